The van der Waals surface area contributed by atoms with E-state index in [0.29, 0.717) is 13.1 Å². The number of nitrogens with one attached hydrogen (secondary N) is 1. The van der Waals surface area contributed by atoms with Gasteiger partial charge in [0.15, 0.2) is 0 Å². The van der Waals surface area contributed by atoms with Crippen molar-refractivity contribution in [2.24, 2.45) is 17.6 Å². The Hall–Kier alpha value is -1.10. The summed E-state index contributed by atoms with van der Waals surface area (Å²) in [5.41, 5.74) is 5.25. The standard InChI is InChI=1S/C11H19N3O2/c12-10(15)9-3-5-14(7-9)11(16)8-2-1-4-13-6-8/h8-9,13H,1-7H2,(H2,12,15). The van der Waals surface area contributed by atoms with Gasteiger partial charge >= 0.3 is 0 Å². The van der Waals surface area contributed by atoms with Crippen molar-refractivity contribution >= 4 is 11.8 Å². The van der Waals surface area contributed by atoms with Crippen LogP contribution in [0.4, 0.5) is 0 Å². The van der Waals surface area contributed by atoms with Crippen LogP contribution in [0, 0.1) is 11.8 Å². The minimum Gasteiger partial charge on any atom is -0.369 e. The third-order valence-electron chi connectivity index (χ3n) is 3.55. The van der Waals surface area contributed by atoms with Gasteiger partial charge in [-0.2, -0.15) is 0 Å². The van der Waals surface area contributed by atoms with Gasteiger partial charge in [0, 0.05) is 19.6 Å². The van der Waals surface area contributed by atoms with Crippen LogP contribution in [0.5, 0.6) is 0 Å². The molecule has 2 unspecified atom stereocenters. The van der Waals surface area contributed by atoms with Crippen molar-refractivity contribution in [2.45, 2.75) is 19.3 Å². The van der Waals surface area contributed by atoms with Gasteiger partial charge in [0.05, 0.1) is 11.8 Å². The first-order valence-electron chi connectivity index (χ1n) is 5.97. The molecular weight excluding hydrogens is 206 g/mol. The van der Waals surface area contributed by atoms with Crippen LogP contribution in [-0.4, -0.2) is 42.9 Å². The lowest BCUT2D eigenvalue weighted by atomic mass is 9.98. The number of carbonyl (C=O) groups excluding carboxylic acids is 2. The van der Waals surface area contributed by atoms with Gasteiger partial charge in [-0.1, -0.05) is 0 Å². The molecule has 2 saturated heterocycles. The monoisotopic (exact) mass is 225 g/mol. The van der Waals surface area contributed by atoms with Gasteiger partial charge in [0.1, 0.15) is 0 Å². The van der Waals surface area contributed by atoms with Crippen LogP contribution in [0.25, 0.3) is 0 Å². The van der Waals surface area contributed by atoms with Crippen LogP contribution in [0.15, 0.2) is 0 Å². The van der Waals surface area contributed by atoms with Crippen molar-refractivity contribution in [3.63, 3.8) is 0 Å². The fraction of sp³-hybridized carbons (Fsp3) is 0.818. The molecule has 2 fully saturated rings. The molecule has 0 radical (unpaired) electrons. The van der Waals surface area contributed by atoms with E-state index >= 15 is 0 Å². The molecule has 16 heavy (non-hydrogen) atoms. The molecule has 2 rings (SSSR count). The number of piperidine rings is 1. The lowest BCUT2D eigenvalue weighted by Gasteiger charge is -2.26. The molecule has 5 nitrogen and oxygen atoms in total. The lowest BCUT2D eigenvalue weighted by Crippen LogP contribution is -2.42. The highest BCUT2D eigenvalue weighted by atomic mass is 16.2. The minimum atomic E-state index is -0.280. The SMILES string of the molecule is NC(=O)C1CCN(C(=O)C2CCCNC2)C1. The van der Waals surface area contributed by atoms with E-state index in [0.717, 1.165) is 32.4 Å². The van der Waals surface area contributed by atoms with E-state index in [1.165, 1.54) is 0 Å². The molecule has 2 aliphatic rings. The molecule has 0 aliphatic carbocycles. The Morgan fingerprint density at radius 2 is 2.06 bits per heavy atom. The number of hydrogen-bond donors (Lipinski definition) is 2. The van der Waals surface area contributed by atoms with E-state index in [1.54, 1.807) is 4.90 Å². The van der Waals surface area contributed by atoms with Crippen molar-refractivity contribution in [2.75, 3.05) is 26.2 Å². The van der Waals surface area contributed by atoms with Crippen LogP contribution in [0.3, 0.4) is 0 Å². The molecule has 2 heterocycles. The quantitative estimate of drug-likeness (QED) is 0.654. The second kappa shape index (κ2) is 4.82. The zero-order valence-corrected chi connectivity index (χ0v) is 9.45. The molecule has 0 aromatic carbocycles. The summed E-state index contributed by atoms with van der Waals surface area (Å²) in [7, 11) is 0. The second-order valence-electron chi connectivity index (χ2n) is 4.72. The number of carbonyl (C=O) groups is 2. The fourth-order valence-corrected chi connectivity index (χ4v) is 2.51. The number of amides is 2. The van der Waals surface area contributed by atoms with Crippen LogP contribution >= 0.6 is 0 Å². The first-order chi connectivity index (χ1) is 7.68. The molecule has 0 spiro atoms. The number of likely N-dealkylation sites (tertiary alicyclic amines) is 1. The minimum absolute atomic E-state index is 0.0976. The predicted molar refractivity (Wildman–Crippen MR) is 59.5 cm³/mol. The molecule has 0 aromatic heterocycles. The number of rotatable bonds is 2. The lowest BCUT2D eigenvalue weighted by molar-refractivity contribution is -0.135. The molecule has 5 heteroatoms. The maximum absolute atomic E-state index is 12.1. The Kier molecular flexibility index (Phi) is 3.43. The van der Waals surface area contributed by atoms with E-state index in [9.17, 15) is 9.59 Å². The molecule has 0 bridgehead atoms. The van der Waals surface area contributed by atoms with Gasteiger partial charge in [-0.05, 0) is 25.8 Å². The van der Waals surface area contributed by atoms with Crippen molar-refractivity contribution in [3.8, 4) is 0 Å². The summed E-state index contributed by atoms with van der Waals surface area (Å²) in [4.78, 5) is 24.9. The Morgan fingerprint density at radius 3 is 2.62 bits per heavy atom. The maximum atomic E-state index is 12.1. The molecule has 3 N–H and O–H groups in total. The highest BCUT2D eigenvalue weighted by Crippen LogP contribution is 2.20. The summed E-state index contributed by atoms with van der Waals surface area (Å²) in [5.74, 6) is -0.131. The van der Waals surface area contributed by atoms with Gasteiger partial charge < -0.3 is 16.0 Å². The summed E-state index contributed by atoms with van der Waals surface area (Å²) in [6, 6.07) is 0. The Balaban J connectivity index is 1.88. The van der Waals surface area contributed by atoms with Crippen molar-refractivity contribution < 1.29 is 9.59 Å². The van der Waals surface area contributed by atoms with Crippen LogP contribution in [0.1, 0.15) is 19.3 Å². The third kappa shape index (κ3) is 2.35. The molecular formula is C11H19N3O2. The summed E-state index contributed by atoms with van der Waals surface area (Å²) in [5, 5.41) is 3.23. The first kappa shape index (κ1) is 11.4. The Bertz CT molecular complexity index is 287. The number of hydrogen-bond acceptors (Lipinski definition) is 3. The molecule has 2 atom stereocenters. The van der Waals surface area contributed by atoms with Crippen molar-refractivity contribution in [1.29, 1.82) is 0 Å². The van der Waals surface area contributed by atoms with E-state index in [2.05, 4.69) is 5.32 Å². The largest absolute Gasteiger partial charge is 0.369 e. The Morgan fingerprint density at radius 1 is 1.25 bits per heavy atom. The maximum Gasteiger partial charge on any atom is 0.226 e. The zero-order chi connectivity index (χ0) is 11.5. The average Bonchev–Trinajstić information content (AvgIpc) is 2.78. The number of nitrogens with two attached hydrogens (primary N) is 1. The summed E-state index contributed by atoms with van der Waals surface area (Å²) in [6.07, 6.45) is 2.74. The van der Waals surface area contributed by atoms with E-state index in [1.807, 2.05) is 0 Å². The predicted octanol–water partition coefficient (Wildman–Crippen LogP) is -0.680. The number of primary amides is 1. The molecule has 90 valence electrons. The normalized spacial score (nSPS) is 30.4. The first-order valence-corrected chi connectivity index (χ1v) is 5.97. The second-order valence-corrected chi connectivity index (χ2v) is 4.72. The fourth-order valence-electron chi connectivity index (χ4n) is 2.51. The van der Waals surface area contributed by atoms with E-state index in [4.69, 9.17) is 5.73 Å². The molecule has 0 aromatic rings. The highest BCUT2D eigenvalue weighted by molar-refractivity contribution is 5.82. The van der Waals surface area contributed by atoms with Gasteiger partial charge in [0.2, 0.25) is 11.8 Å². The number of nitrogens with zero attached hydrogens (tertiary/aromatic N) is 1. The van der Waals surface area contributed by atoms with Crippen molar-refractivity contribution in [3.05, 3.63) is 0 Å². The van der Waals surface area contributed by atoms with Gasteiger partial charge in [-0.25, -0.2) is 0 Å². The summed E-state index contributed by atoms with van der Waals surface area (Å²) < 4.78 is 0. The van der Waals surface area contributed by atoms with Gasteiger partial charge in [-0.3, -0.25) is 9.59 Å². The average molecular weight is 225 g/mol. The van der Waals surface area contributed by atoms with E-state index in [-0.39, 0.29) is 23.7 Å². The molecule has 2 aliphatic heterocycles. The van der Waals surface area contributed by atoms with Crippen LogP contribution < -0.4 is 11.1 Å². The van der Waals surface area contributed by atoms with Crippen LogP contribution in [0.2, 0.25) is 0 Å². The smallest absolute Gasteiger partial charge is 0.226 e. The third-order valence-corrected chi connectivity index (χ3v) is 3.55. The van der Waals surface area contributed by atoms with Gasteiger partial charge in [0.25, 0.3) is 0 Å². The molecule has 0 saturated carbocycles. The molecule has 2 amide bonds. The topological polar surface area (TPSA) is 75.4 Å². The summed E-state index contributed by atoms with van der Waals surface area (Å²) in [6.45, 7) is 2.98. The van der Waals surface area contributed by atoms with Crippen molar-refractivity contribution in [1.82, 2.24) is 10.2 Å². The van der Waals surface area contributed by atoms with E-state index < -0.39 is 0 Å². The van der Waals surface area contributed by atoms with Gasteiger partial charge in [-0.15, -0.1) is 0 Å². The summed E-state index contributed by atoms with van der Waals surface area (Å²) >= 11 is 0. The highest BCUT2D eigenvalue weighted by Gasteiger charge is 2.33. The Labute approximate surface area is 95.3 Å². The van der Waals surface area contributed by atoms with Crippen LogP contribution in [-0.2, 0) is 9.59 Å². The zero-order valence-electron chi connectivity index (χ0n) is 9.45.